The molecule has 0 bridgehead atoms. The Labute approximate surface area is 211 Å². The van der Waals surface area contributed by atoms with Gasteiger partial charge >= 0.3 is 11.9 Å². The maximum atomic E-state index is 11.6. The molecule has 0 aromatic carbocycles. The summed E-state index contributed by atoms with van der Waals surface area (Å²) in [6, 6.07) is 0. The van der Waals surface area contributed by atoms with E-state index in [1.807, 2.05) is 6.92 Å². The molecule has 1 unspecified atom stereocenters. The Morgan fingerprint density at radius 2 is 1.09 bits per heavy atom. The van der Waals surface area contributed by atoms with E-state index in [0.29, 0.717) is 13.0 Å². The average molecular weight is 481 g/mol. The Morgan fingerprint density at radius 1 is 0.647 bits per heavy atom. The van der Waals surface area contributed by atoms with Crippen LogP contribution in [0.3, 0.4) is 0 Å². The zero-order chi connectivity index (χ0) is 25.1. The summed E-state index contributed by atoms with van der Waals surface area (Å²) in [7, 11) is 0. The maximum Gasteiger partial charge on any atom is 0.307 e. The Balaban J connectivity index is 3.37. The molecule has 4 heteroatoms. The number of hydrogen-bond donors (Lipinski definition) is 1. The molecule has 0 heterocycles. The molecule has 0 spiro atoms. The fourth-order valence-electron chi connectivity index (χ4n) is 4.31. The molecule has 0 rings (SSSR count). The van der Waals surface area contributed by atoms with Gasteiger partial charge in [0.25, 0.3) is 0 Å². The molecule has 0 radical (unpaired) electrons. The van der Waals surface area contributed by atoms with E-state index < -0.39 is 11.9 Å². The van der Waals surface area contributed by atoms with Crippen LogP contribution in [-0.2, 0) is 14.3 Å². The van der Waals surface area contributed by atoms with Crippen LogP contribution in [0.2, 0.25) is 0 Å². The molecule has 0 aliphatic heterocycles. The van der Waals surface area contributed by atoms with Crippen molar-refractivity contribution in [1.29, 1.82) is 0 Å². The first kappa shape index (κ1) is 32.7. The number of aliphatic carboxylic acids is 1. The second kappa shape index (κ2) is 26.3. The summed E-state index contributed by atoms with van der Waals surface area (Å²) >= 11 is 0. The lowest BCUT2D eigenvalue weighted by Crippen LogP contribution is -2.19. The van der Waals surface area contributed by atoms with Gasteiger partial charge in [0.15, 0.2) is 0 Å². The number of unbranched alkanes of at least 4 members (excludes halogenated alkanes) is 17. The fraction of sp³-hybridized carbons (Fsp3) is 0.867. The van der Waals surface area contributed by atoms with Gasteiger partial charge in [0.05, 0.1) is 18.9 Å². The second-order valence-corrected chi connectivity index (χ2v) is 9.95. The van der Waals surface area contributed by atoms with Crippen LogP contribution < -0.4 is 0 Å². The summed E-state index contributed by atoms with van der Waals surface area (Å²) in [6.07, 6.45) is 30.6. The third-order valence-electron chi connectivity index (χ3n) is 6.54. The molecular weight excluding hydrogens is 424 g/mol. The van der Waals surface area contributed by atoms with Crippen LogP contribution in [0.1, 0.15) is 155 Å². The van der Waals surface area contributed by atoms with E-state index in [2.05, 4.69) is 19.1 Å². The highest BCUT2D eigenvalue weighted by atomic mass is 16.5. The lowest BCUT2D eigenvalue weighted by atomic mass is 9.97. The van der Waals surface area contributed by atoms with Crippen LogP contribution in [0.5, 0.6) is 0 Å². The van der Waals surface area contributed by atoms with Crippen molar-refractivity contribution < 1.29 is 19.4 Å². The van der Waals surface area contributed by atoms with Gasteiger partial charge in [-0.3, -0.25) is 9.59 Å². The molecule has 4 nitrogen and oxygen atoms in total. The smallest absolute Gasteiger partial charge is 0.307 e. The second-order valence-electron chi connectivity index (χ2n) is 9.95. The number of carbonyl (C=O) groups is 2. The van der Waals surface area contributed by atoms with Gasteiger partial charge in [-0.2, -0.15) is 0 Å². The number of carboxylic acids is 1. The number of ether oxygens (including phenoxy) is 1. The first-order chi connectivity index (χ1) is 16.6. The topological polar surface area (TPSA) is 63.6 Å². The minimum Gasteiger partial charge on any atom is -0.481 e. The molecule has 200 valence electrons. The van der Waals surface area contributed by atoms with E-state index in [-0.39, 0.29) is 12.4 Å². The Morgan fingerprint density at radius 3 is 1.53 bits per heavy atom. The molecule has 0 aromatic rings. The zero-order valence-electron chi connectivity index (χ0n) is 22.7. The first-order valence-electron chi connectivity index (χ1n) is 14.6. The molecular formula is C30H56O4. The number of allylic oxidation sites excluding steroid dienone is 2. The van der Waals surface area contributed by atoms with Crippen molar-refractivity contribution >= 4 is 11.9 Å². The van der Waals surface area contributed by atoms with Crippen molar-refractivity contribution in [3.63, 3.8) is 0 Å². The highest BCUT2D eigenvalue weighted by Crippen LogP contribution is 2.18. The minimum atomic E-state index is -0.876. The van der Waals surface area contributed by atoms with Crippen molar-refractivity contribution in [1.82, 2.24) is 0 Å². The third kappa shape index (κ3) is 23.8. The van der Waals surface area contributed by atoms with Gasteiger partial charge in [-0.15, -0.1) is 0 Å². The molecule has 0 aromatic heterocycles. The van der Waals surface area contributed by atoms with Crippen LogP contribution in [0.25, 0.3) is 0 Å². The zero-order valence-corrected chi connectivity index (χ0v) is 22.7. The van der Waals surface area contributed by atoms with Crippen molar-refractivity contribution in [3.05, 3.63) is 12.2 Å². The summed E-state index contributed by atoms with van der Waals surface area (Å²) in [4.78, 5) is 23.0. The predicted molar refractivity (Wildman–Crippen MR) is 144 cm³/mol. The van der Waals surface area contributed by atoms with Gasteiger partial charge < -0.3 is 9.84 Å². The number of carbonyl (C=O) groups excluding carboxylic acids is 1. The molecule has 0 aliphatic rings. The lowest BCUT2D eigenvalue weighted by Gasteiger charge is -2.11. The van der Waals surface area contributed by atoms with Gasteiger partial charge in [0, 0.05) is 0 Å². The monoisotopic (exact) mass is 480 g/mol. The Kier molecular flexibility index (Phi) is 25.3. The van der Waals surface area contributed by atoms with Gasteiger partial charge in [-0.05, 0) is 38.5 Å². The van der Waals surface area contributed by atoms with E-state index >= 15 is 0 Å². The van der Waals surface area contributed by atoms with Gasteiger partial charge in [-0.25, -0.2) is 0 Å². The van der Waals surface area contributed by atoms with Crippen LogP contribution >= 0.6 is 0 Å². The minimum absolute atomic E-state index is 0.00582. The third-order valence-corrected chi connectivity index (χ3v) is 6.54. The van der Waals surface area contributed by atoms with E-state index in [0.717, 1.165) is 19.3 Å². The van der Waals surface area contributed by atoms with Gasteiger partial charge in [0.2, 0.25) is 0 Å². The average Bonchev–Trinajstić information content (AvgIpc) is 2.82. The maximum absolute atomic E-state index is 11.6. The van der Waals surface area contributed by atoms with E-state index in [1.165, 1.54) is 109 Å². The molecule has 0 fully saturated rings. The summed E-state index contributed by atoms with van der Waals surface area (Å²) in [5.41, 5.74) is 0. The Hall–Kier alpha value is -1.32. The van der Waals surface area contributed by atoms with Crippen LogP contribution in [0.15, 0.2) is 12.2 Å². The van der Waals surface area contributed by atoms with E-state index in [1.54, 1.807) is 0 Å². The molecule has 0 aliphatic carbocycles. The normalized spacial score (nSPS) is 12.3. The van der Waals surface area contributed by atoms with Gasteiger partial charge in [0.1, 0.15) is 0 Å². The summed E-state index contributed by atoms with van der Waals surface area (Å²) in [5.74, 6) is -1.85. The quantitative estimate of drug-likeness (QED) is 0.0760. The van der Waals surface area contributed by atoms with Crippen molar-refractivity contribution in [2.24, 2.45) is 5.92 Å². The fourth-order valence-corrected chi connectivity index (χ4v) is 4.31. The predicted octanol–water partition coefficient (Wildman–Crippen LogP) is 9.41. The van der Waals surface area contributed by atoms with Crippen molar-refractivity contribution in [3.8, 4) is 0 Å². The van der Waals surface area contributed by atoms with Gasteiger partial charge in [-0.1, -0.05) is 122 Å². The van der Waals surface area contributed by atoms with Crippen LogP contribution in [-0.4, -0.2) is 23.7 Å². The number of rotatable bonds is 26. The first-order valence-corrected chi connectivity index (χ1v) is 14.6. The van der Waals surface area contributed by atoms with E-state index in [9.17, 15) is 14.7 Å². The van der Waals surface area contributed by atoms with Crippen LogP contribution in [0, 0.1) is 5.92 Å². The summed E-state index contributed by atoms with van der Waals surface area (Å²) in [5, 5.41) is 9.30. The van der Waals surface area contributed by atoms with E-state index in [4.69, 9.17) is 4.74 Å². The standard InChI is InChI=1S/C30H56O4/c1-3-5-6-7-8-9-10-11-12-13-14-15-16-17-18-19-20-21-22-23-24-25-28(30(32)33)27-29(31)34-26-4-2/h8-9,28H,3-7,10-27H2,1-2H3,(H,32,33)/b9-8+. The number of esters is 1. The molecule has 1 N–H and O–H groups in total. The SMILES string of the molecule is CCCCC/C=C/CCCCCCCCCCCCCCCCC(CC(=O)OCCC)C(=O)O. The molecule has 0 amide bonds. The molecule has 1 atom stereocenters. The highest BCUT2D eigenvalue weighted by Gasteiger charge is 2.21. The van der Waals surface area contributed by atoms with Crippen molar-refractivity contribution in [2.75, 3.05) is 6.61 Å². The largest absolute Gasteiger partial charge is 0.481 e. The van der Waals surface area contributed by atoms with Crippen molar-refractivity contribution in [2.45, 2.75) is 155 Å². The van der Waals surface area contributed by atoms with Crippen LogP contribution in [0.4, 0.5) is 0 Å². The summed E-state index contributed by atoms with van der Waals surface area (Å²) in [6.45, 7) is 4.57. The number of hydrogen-bond acceptors (Lipinski definition) is 3. The Bertz CT molecular complexity index is 486. The lowest BCUT2D eigenvalue weighted by molar-refractivity contribution is -0.151. The highest BCUT2D eigenvalue weighted by molar-refractivity contribution is 5.78. The summed E-state index contributed by atoms with van der Waals surface area (Å²) < 4.78 is 5.02. The molecule has 0 saturated carbocycles. The molecule has 34 heavy (non-hydrogen) atoms. The molecule has 0 saturated heterocycles. The number of carboxylic acid groups (broad SMARTS) is 1.